The van der Waals surface area contributed by atoms with E-state index >= 15 is 0 Å². The molecular formula is C19H15FN4O. The molecule has 0 saturated carbocycles. The fourth-order valence-electron chi connectivity index (χ4n) is 2.56. The zero-order valence-electron chi connectivity index (χ0n) is 13.8. The number of fused-ring (bicyclic) bond motifs is 1. The molecule has 124 valence electrons. The summed E-state index contributed by atoms with van der Waals surface area (Å²) in [7, 11) is 0. The first-order valence-electron chi connectivity index (χ1n) is 7.81. The maximum Gasteiger partial charge on any atom is 0.233 e. The summed E-state index contributed by atoms with van der Waals surface area (Å²) < 4.78 is 20.7. The lowest BCUT2D eigenvalue weighted by Gasteiger charge is -2.08. The van der Waals surface area contributed by atoms with E-state index in [0.717, 1.165) is 5.56 Å². The highest BCUT2D eigenvalue weighted by Gasteiger charge is 2.13. The van der Waals surface area contributed by atoms with Gasteiger partial charge in [-0.2, -0.15) is 5.10 Å². The third kappa shape index (κ3) is 2.82. The maximum atomic E-state index is 13.1. The van der Waals surface area contributed by atoms with Crippen LogP contribution < -0.4 is 4.74 Å². The number of halogens is 1. The van der Waals surface area contributed by atoms with Crippen molar-refractivity contribution in [2.45, 2.75) is 13.8 Å². The topological polar surface area (TPSA) is 52.8 Å². The fourth-order valence-corrected chi connectivity index (χ4v) is 2.56. The minimum Gasteiger partial charge on any atom is -0.438 e. The number of hydrogen-bond acceptors (Lipinski definition) is 4. The van der Waals surface area contributed by atoms with E-state index in [1.54, 1.807) is 23.0 Å². The van der Waals surface area contributed by atoms with Crippen LogP contribution in [0.5, 0.6) is 11.6 Å². The van der Waals surface area contributed by atoms with Gasteiger partial charge in [0.25, 0.3) is 0 Å². The molecule has 0 spiro atoms. The molecule has 0 aliphatic heterocycles. The molecule has 0 fully saturated rings. The monoisotopic (exact) mass is 334 g/mol. The van der Waals surface area contributed by atoms with Crippen molar-refractivity contribution in [3.63, 3.8) is 0 Å². The highest BCUT2D eigenvalue weighted by Crippen LogP contribution is 2.28. The molecule has 0 bridgehead atoms. The van der Waals surface area contributed by atoms with Gasteiger partial charge < -0.3 is 4.74 Å². The Morgan fingerprint density at radius 3 is 2.52 bits per heavy atom. The van der Waals surface area contributed by atoms with Gasteiger partial charge in [-0.05, 0) is 61.4 Å². The minimum absolute atomic E-state index is 0.298. The Morgan fingerprint density at radius 2 is 1.76 bits per heavy atom. The molecule has 0 amide bonds. The summed E-state index contributed by atoms with van der Waals surface area (Å²) in [5.74, 6) is 0.841. The molecule has 0 aliphatic rings. The van der Waals surface area contributed by atoms with Crippen LogP contribution in [0.2, 0.25) is 0 Å². The van der Waals surface area contributed by atoms with Gasteiger partial charge >= 0.3 is 0 Å². The molecule has 6 heteroatoms. The van der Waals surface area contributed by atoms with Crippen molar-refractivity contribution >= 4 is 11.0 Å². The fraction of sp³-hybridized carbons (Fsp3) is 0.105. The highest BCUT2D eigenvalue weighted by molar-refractivity contribution is 5.81. The second-order valence-corrected chi connectivity index (χ2v) is 5.80. The number of rotatable bonds is 3. The Kier molecular flexibility index (Phi) is 3.65. The van der Waals surface area contributed by atoms with Gasteiger partial charge in [0.15, 0.2) is 5.65 Å². The molecule has 5 nitrogen and oxygen atoms in total. The zero-order valence-corrected chi connectivity index (χ0v) is 13.8. The predicted molar refractivity (Wildman–Crippen MR) is 92.6 cm³/mol. The zero-order chi connectivity index (χ0) is 17.4. The molecule has 2 aromatic carbocycles. The summed E-state index contributed by atoms with van der Waals surface area (Å²) in [6.07, 6.45) is 3.08. The molecule has 2 heterocycles. The Balaban J connectivity index is 1.76. The van der Waals surface area contributed by atoms with Gasteiger partial charge in [0.1, 0.15) is 23.3 Å². The summed E-state index contributed by atoms with van der Waals surface area (Å²) >= 11 is 0. The standard InChI is InChI=1S/C19H15FN4O/c1-12-3-8-16(9-13(12)2)25-19-17-10-23-24(18(17)21-11-22-19)15-6-4-14(20)5-7-15/h3-11H,1-2H3. The van der Waals surface area contributed by atoms with Gasteiger partial charge in [0, 0.05) is 0 Å². The molecule has 2 aromatic heterocycles. The van der Waals surface area contributed by atoms with Gasteiger partial charge in [0.2, 0.25) is 5.88 Å². The first kappa shape index (κ1) is 15.3. The lowest BCUT2D eigenvalue weighted by atomic mass is 10.1. The van der Waals surface area contributed by atoms with Gasteiger partial charge in [0.05, 0.1) is 11.9 Å². The average Bonchev–Trinajstić information content (AvgIpc) is 3.04. The number of nitrogens with zero attached hydrogens (tertiary/aromatic N) is 4. The van der Waals surface area contributed by atoms with E-state index in [1.165, 1.54) is 24.0 Å². The van der Waals surface area contributed by atoms with E-state index in [1.807, 2.05) is 25.1 Å². The van der Waals surface area contributed by atoms with Crippen LogP contribution in [-0.2, 0) is 0 Å². The average molecular weight is 334 g/mol. The third-order valence-electron chi connectivity index (χ3n) is 4.09. The van der Waals surface area contributed by atoms with Crippen molar-refractivity contribution in [2.75, 3.05) is 0 Å². The largest absolute Gasteiger partial charge is 0.438 e. The van der Waals surface area contributed by atoms with Crippen molar-refractivity contribution in [3.8, 4) is 17.3 Å². The first-order chi connectivity index (χ1) is 12.1. The molecule has 0 saturated heterocycles. The van der Waals surface area contributed by atoms with Crippen molar-refractivity contribution in [3.05, 3.63) is 71.9 Å². The van der Waals surface area contributed by atoms with Crippen LogP contribution in [-0.4, -0.2) is 19.7 Å². The van der Waals surface area contributed by atoms with E-state index in [4.69, 9.17) is 4.74 Å². The first-order valence-corrected chi connectivity index (χ1v) is 7.81. The SMILES string of the molecule is Cc1ccc(Oc2ncnc3c2cnn3-c2ccc(F)cc2)cc1C. The number of aryl methyl sites for hydroxylation is 2. The van der Waals surface area contributed by atoms with Crippen LogP contribution in [0.3, 0.4) is 0 Å². The summed E-state index contributed by atoms with van der Waals surface area (Å²) in [5.41, 5.74) is 3.65. The molecule has 25 heavy (non-hydrogen) atoms. The molecule has 0 unspecified atom stereocenters. The summed E-state index contributed by atoms with van der Waals surface area (Å²) in [5, 5.41) is 5.03. The highest BCUT2D eigenvalue weighted by atomic mass is 19.1. The second kappa shape index (κ2) is 5.98. The number of hydrogen-bond donors (Lipinski definition) is 0. The second-order valence-electron chi connectivity index (χ2n) is 5.80. The number of aromatic nitrogens is 4. The molecule has 0 N–H and O–H groups in total. The smallest absolute Gasteiger partial charge is 0.233 e. The third-order valence-corrected chi connectivity index (χ3v) is 4.09. The lowest BCUT2D eigenvalue weighted by Crippen LogP contribution is -1.98. The Labute approximate surface area is 143 Å². The minimum atomic E-state index is -0.298. The summed E-state index contributed by atoms with van der Waals surface area (Å²) in [4.78, 5) is 8.52. The van der Waals surface area contributed by atoms with Gasteiger partial charge in [-0.25, -0.2) is 19.0 Å². The predicted octanol–water partition coefficient (Wildman–Crippen LogP) is 4.36. The van der Waals surface area contributed by atoms with Gasteiger partial charge in [-0.15, -0.1) is 0 Å². The number of benzene rings is 2. The number of ether oxygens (including phenoxy) is 1. The molecule has 0 aliphatic carbocycles. The van der Waals surface area contributed by atoms with Crippen LogP contribution >= 0.6 is 0 Å². The van der Waals surface area contributed by atoms with Gasteiger partial charge in [-0.3, -0.25) is 0 Å². The van der Waals surface area contributed by atoms with E-state index < -0.39 is 0 Å². The van der Waals surface area contributed by atoms with Crippen LogP contribution in [0.15, 0.2) is 55.0 Å². The Bertz CT molecular complexity index is 1060. The van der Waals surface area contributed by atoms with Gasteiger partial charge in [-0.1, -0.05) is 6.07 Å². The Hall–Kier alpha value is -3.28. The Morgan fingerprint density at radius 1 is 0.960 bits per heavy atom. The van der Waals surface area contributed by atoms with Crippen LogP contribution in [0.4, 0.5) is 4.39 Å². The molecule has 4 aromatic rings. The molecule has 4 rings (SSSR count). The summed E-state index contributed by atoms with van der Waals surface area (Å²) in [6, 6.07) is 11.9. The van der Waals surface area contributed by atoms with Crippen molar-refractivity contribution in [2.24, 2.45) is 0 Å². The van der Waals surface area contributed by atoms with E-state index in [-0.39, 0.29) is 5.82 Å². The van der Waals surface area contributed by atoms with E-state index in [2.05, 4.69) is 22.0 Å². The van der Waals surface area contributed by atoms with Crippen LogP contribution in [0, 0.1) is 19.7 Å². The normalized spacial score (nSPS) is 11.0. The molecular weight excluding hydrogens is 319 g/mol. The van der Waals surface area contributed by atoms with E-state index in [9.17, 15) is 4.39 Å². The quantitative estimate of drug-likeness (QED) is 0.558. The van der Waals surface area contributed by atoms with Crippen LogP contribution in [0.1, 0.15) is 11.1 Å². The molecule has 0 atom stereocenters. The molecule has 0 radical (unpaired) electrons. The summed E-state index contributed by atoms with van der Waals surface area (Å²) in [6.45, 7) is 4.08. The lowest BCUT2D eigenvalue weighted by molar-refractivity contribution is 0.467. The maximum absolute atomic E-state index is 13.1. The van der Waals surface area contributed by atoms with Crippen molar-refractivity contribution in [1.82, 2.24) is 19.7 Å². The van der Waals surface area contributed by atoms with Crippen LogP contribution in [0.25, 0.3) is 16.7 Å². The van der Waals surface area contributed by atoms with Crippen molar-refractivity contribution < 1.29 is 9.13 Å². The van der Waals surface area contributed by atoms with E-state index in [0.29, 0.717) is 28.4 Å². The van der Waals surface area contributed by atoms with Crippen molar-refractivity contribution in [1.29, 1.82) is 0 Å².